The van der Waals surface area contributed by atoms with Crippen LogP contribution in [-0.4, -0.2) is 28.3 Å². The van der Waals surface area contributed by atoms with Crippen LogP contribution in [0.5, 0.6) is 11.5 Å². The van der Waals surface area contributed by atoms with Crippen molar-refractivity contribution in [2.45, 2.75) is 40.3 Å². The first-order valence-electron chi connectivity index (χ1n) is 9.43. The minimum Gasteiger partial charge on any atom is -0.496 e. The van der Waals surface area contributed by atoms with Crippen molar-refractivity contribution < 1.29 is 14.3 Å². The molecular weight excluding hydrogens is 402 g/mol. The Bertz CT molecular complexity index is 962. The fourth-order valence-electron chi connectivity index (χ4n) is 3.25. The first-order chi connectivity index (χ1) is 13.8. The maximum absolute atomic E-state index is 12.6. The van der Waals surface area contributed by atoms with Crippen LogP contribution in [0.4, 0.5) is 0 Å². The zero-order valence-corrected chi connectivity index (χ0v) is 18.9. The van der Waals surface area contributed by atoms with E-state index < -0.39 is 0 Å². The summed E-state index contributed by atoms with van der Waals surface area (Å²) in [6, 6.07) is 12.0. The molecule has 0 aliphatic carbocycles. The minimum absolute atomic E-state index is 0.0427. The van der Waals surface area contributed by atoms with Crippen molar-refractivity contribution in [3.05, 3.63) is 63.6 Å². The second kappa shape index (κ2) is 9.01. The summed E-state index contributed by atoms with van der Waals surface area (Å²) in [5.41, 5.74) is 4.15. The van der Waals surface area contributed by atoms with Gasteiger partial charge in [0.15, 0.2) is 0 Å². The molecule has 0 atom stereocenters. The van der Waals surface area contributed by atoms with Gasteiger partial charge in [-0.25, -0.2) is 0 Å². The van der Waals surface area contributed by atoms with Crippen molar-refractivity contribution in [2.24, 2.45) is 0 Å². The van der Waals surface area contributed by atoms with Crippen molar-refractivity contribution in [1.82, 2.24) is 4.90 Å². The van der Waals surface area contributed by atoms with Crippen LogP contribution in [0.15, 0.2) is 41.3 Å². The predicted molar refractivity (Wildman–Crippen MR) is 123 cm³/mol. The summed E-state index contributed by atoms with van der Waals surface area (Å²) >= 11 is 6.70. The summed E-state index contributed by atoms with van der Waals surface area (Å²) in [4.78, 5) is 14.9. The molecule has 2 aromatic rings. The molecule has 0 aromatic heterocycles. The van der Waals surface area contributed by atoms with E-state index in [9.17, 15) is 4.79 Å². The van der Waals surface area contributed by atoms with Crippen LogP contribution < -0.4 is 9.47 Å². The lowest BCUT2D eigenvalue weighted by molar-refractivity contribution is -0.123. The lowest BCUT2D eigenvalue weighted by Gasteiger charge is -2.18. The summed E-state index contributed by atoms with van der Waals surface area (Å²) in [6.45, 7) is 8.40. The average molecular weight is 428 g/mol. The second-order valence-electron chi connectivity index (χ2n) is 7.33. The minimum atomic E-state index is -0.0427. The predicted octanol–water partition coefficient (Wildman–Crippen LogP) is 5.50. The van der Waals surface area contributed by atoms with Gasteiger partial charge in [0.05, 0.1) is 12.0 Å². The average Bonchev–Trinajstić information content (AvgIpc) is 2.92. The Morgan fingerprint density at radius 2 is 1.83 bits per heavy atom. The smallest absolute Gasteiger partial charge is 0.266 e. The lowest BCUT2D eigenvalue weighted by Crippen LogP contribution is -2.34. The number of carbonyl (C=O) groups excluding carboxylic acids is 1. The molecule has 1 heterocycles. The molecule has 1 amide bonds. The van der Waals surface area contributed by atoms with Gasteiger partial charge in [-0.3, -0.25) is 9.69 Å². The number of thioether (sulfide) groups is 1. The van der Waals surface area contributed by atoms with Gasteiger partial charge in [-0.2, -0.15) is 0 Å². The number of hydrogen-bond donors (Lipinski definition) is 0. The Morgan fingerprint density at radius 3 is 2.41 bits per heavy atom. The summed E-state index contributed by atoms with van der Waals surface area (Å²) < 4.78 is 12.1. The first kappa shape index (κ1) is 21.4. The molecule has 3 rings (SSSR count). The van der Waals surface area contributed by atoms with Crippen molar-refractivity contribution in [1.29, 1.82) is 0 Å². The van der Waals surface area contributed by atoms with E-state index >= 15 is 0 Å². The van der Waals surface area contributed by atoms with Crippen LogP contribution in [0.25, 0.3) is 6.08 Å². The highest BCUT2D eigenvalue weighted by Crippen LogP contribution is 2.34. The van der Waals surface area contributed by atoms with E-state index in [1.165, 1.54) is 11.8 Å². The standard InChI is InChI=1S/C23H25NO3S2/c1-14(2)24-22(25)21(29-23(24)28)12-17-6-7-20(26-5)18(11-17)13-27-19-9-15(3)8-16(4)10-19/h6-12,14H,13H2,1-5H3/b21-12+. The summed E-state index contributed by atoms with van der Waals surface area (Å²) in [7, 11) is 1.64. The summed E-state index contributed by atoms with van der Waals surface area (Å²) in [5, 5.41) is 0. The molecule has 152 valence electrons. The number of hydrogen-bond acceptors (Lipinski definition) is 5. The van der Waals surface area contributed by atoms with Crippen LogP contribution in [0, 0.1) is 13.8 Å². The number of thiocarbonyl (C=S) groups is 1. The third kappa shape index (κ3) is 5.00. The van der Waals surface area contributed by atoms with Crippen molar-refractivity contribution in [3.63, 3.8) is 0 Å². The maximum Gasteiger partial charge on any atom is 0.266 e. The van der Waals surface area contributed by atoms with Crippen molar-refractivity contribution >= 4 is 40.3 Å². The molecule has 1 saturated heterocycles. The molecule has 2 aromatic carbocycles. The molecule has 0 radical (unpaired) electrons. The van der Waals surface area contributed by atoms with Crippen molar-refractivity contribution in [3.8, 4) is 11.5 Å². The molecule has 0 N–H and O–H groups in total. The Morgan fingerprint density at radius 1 is 1.14 bits per heavy atom. The van der Waals surface area contributed by atoms with Gasteiger partial charge in [-0.05, 0) is 74.7 Å². The normalized spacial score (nSPS) is 15.5. The van der Waals surface area contributed by atoms with Gasteiger partial charge in [-0.1, -0.05) is 36.1 Å². The number of ether oxygens (including phenoxy) is 2. The van der Waals surface area contributed by atoms with Gasteiger partial charge in [0, 0.05) is 11.6 Å². The van der Waals surface area contributed by atoms with E-state index in [0.717, 1.165) is 33.8 Å². The molecule has 4 nitrogen and oxygen atoms in total. The molecule has 0 saturated carbocycles. The third-order valence-electron chi connectivity index (χ3n) is 4.53. The molecule has 0 unspecified atom stereocenters. The van der Waals surface area contributed by atoms with E-state index in [0.29, 0.717) is 15.8 Å². The molecule has 1 fully saturated rings. The van der Waals surface area contributed by atoms with Gasteiger partial charge >= 0.3 is 0 Å². The first-order valence-corrected chi connectivity index (χ1v) is 10.7. The fraction of sp³-hybridized carbons (Fsp3) is 0.304. The highest BCUT2D eigenvalue weighted by atomic mass is 32.2. The molecule has 0 bridgehead atoms. The number of amides is 1. The molecule has 0 spiro atoms. The van der Waals surface area contributed by atoms with E-state index in [1.807, 2.05) is 50.3 Å². The zero-order chi connectivity index (χ0) is 21.1. The highest BCUT2D eigenvalue weighted by Gasteiger charge is 2.33. The molecule has 6 heteroatoms. The summed E-state index contributed by atoms with van der Waals surface area (Å²) in [6.07, 6.45) is 1.88. The van der Waals surface area contributed by atoms with E-state index in [-0.39, 0.29) is 11.9 Å². The number of aryl methyl sites for hydroxylation is 2. The van der Waals surface area contributed by atoms with E-state index in [4.69, 9.17) is 21.7 Å². The maximum atomic E-state index is 12.6. The summed E-state index contributed by atoms with van der Waals surface area (Å²) in [5.74, 6) is 1.54. The SMILES string of the molecule is COc1ccc(/C=C2/SC(=S)N(C(C)C)C2=O)cc1COc1cc(C)cc(C)c1. The zero-order valence-electron chi connectivity index (χ0n) is 17.3. The van der Waals surface area contributed by atoms with Crippen molar-refractivity contribution in [2.75, 3.05) is 7.11 Å². The van der Waals surface area contributed by atoms with E-state index in [1.54, 1.807) is 12.0 Å². The van der Waals surface area contributed by atoms with Crippen LogP contribution in [0.1, 0.15) is 36.1 Å². The molecule has 1 aliphatic heterocycles. The molecular formula is C23H25NO3S2. The quantitative estimate of drug-likeness (QED) is 0.450. The Kier molecular flexibility index (Phi) is 6.65. The number of benzene rings is 2. The van der Waals surface area contributed by atoms with Gasteiger partial charge in [0.2, 0.25) is 0 Å². The van der Waals surface area contributed by atoms with Gasteiger partial charge in [-0.15, -0.1) is 0 Å². The number of carbonyl (C=O) groups is 1. The van der Waals surface area contributed by atoms with Gasteiger partial charge < -0.3 is 9.47 Å². The monoisotopic (exact) mass is 427 g/mol. The fourth-order valence-corrected chi connectivity index (χ4v) is 4.78. The van der Waals surface area contributed by atoms with Crippen LogP contribution in [0.3, 0.4) is 0 Å². The number of rotatable bonds is 6. The van der Waals surface area contributed by atoms with Crippen LogP contribution in [-0.2, 0) is 11.4 Å². The largest absolute Gasteiger partial charge is 0.496 e. The van der Waals surface area contributed by atoms with E-state index in [2.05, 4.69) is 19.9 Å². The second-order valence-corrected chi connectivity index (χ2v) is 9.00. The number of nitrogens with zero attached hydrogens (tertiary/aromatic N) is 1. The number of methoxy groups -OCH3 is 1. The topological polar surface area (TPSA) is 38.8 Å². The Balaban J connectivity index is 1.84. The lowest BCUT2D eigenvalue weighted by atomic mass is 10.1. The highest BCUT2D eigenvalue weighted by molar-refractivity contribution is 8.26. The Labute approximate surface area is 181 Å². The molecule has 29 heavy (non-hydrogen) atoms. The van der Waals surface area contributed by atoms with Gasteiger partial charge in [0.25, 0.3) is 5.91 Å². The van der Waals surface area contributed by atoms with Crippen LogP contribution >= 0.6 is 24.0 Å². The Hall–Kier alpha value is -2.31. The van der Waals surface area contributed by atoms with Crippen LogP contribution in [0.2, 0.25) is 0 Å². The molecule has 1 aliphatic rings. The van der Waals surface area contributed by atoms with Gasteiger partial charge in [0.1, 0.15) is 22.4 Å². The third-order valence-corrected chi connectivity index (χ3v) is 5.86.